The van der Waals surface area contributed by atoms with Crippen LogP contribution in [-0.4, -0.2) is 16.2 Å². The topological polar surface area (TPSA) is 69.6 Å². The van der Waals surface area contributed by atoms with Gasteiger partial charge in [-0.05, 0) is 72.5 Å². The number of halogens is 1. The number of hydrogen-bond donors (Lipinski definition) is 3. The van der Waals surface area contributed by atoms with Crippen LogP contribution in [0.25, 0.3) is 0 Å². The number of nitrogens with one attached hydrogen (secondary N) is 1. The average Bonchev–Trinajstić information content (AvgIpc) is 2.63. The van der Waals surface area contributed by atoms with Crippen molar-refractivity contribution < 1.29 is 19.4 Å². The fourth-order valence-corrected chi connectivity index (χ4v) is 2.68. The third-order valence-electron chi connectivity index (χ3n) is 4.08. The molecule has 0 amide bonds. The Hall–Kier alpha value is -3.34. The van der Waals surface area contributed by atoms with Crippen LogP contribution in [0.3, 0.4) is 0 Å². The minimum atomic E-state index is -1.03. The van der Waals surface area contributed by atoms with Gasteiger partial charge in [0.25, 0.3) is 0 Å². The van der Waals surface area contributed by atoms with E-state index in [1.165, 1.54) is 12.1 Å². The van der Waals surface area contributed by atoms with Gasteiger partial charge < -0.3 is 15.5 Å². The van der Waals surface area contributed by atoms with Gasteiger partial charge in [-0.25, -0.2) is 9.18 Å². The molecule has 4 nitrogen and oxygen atoms in total. The Morgan fingerprint density at radius 3 is 2.15 bits per heavy atom. The van der Waals surface area contributed by atoms with E-state index in [1.807, 2.05) is 12.1 Å². The third kappa shape index (κ3) is 4.39. The Labute approximate surface area is 150 Å². The molecule has 0 heterocycles. The van der Waals surface area contributed by atoms with Crippen molar-refractivity contribution >= 4 is 17.3 Å². The molecule has 26 heavy (non-hydrogen) atoms. The van der Waals surface area contributed by atoms with Crippen LogP contribution in [0.2, 0.25) is 0 Å². The van der Waals surface area contributed by atoms with Gasteiger partial charge in [0, 0.05) is 5.69 Å². The summed E-state index contributed by atoms with van der Waals surface area (Å²) in [6.45, 7) is 0. The summed E-state index contributed by atoms with van der Waals surface area (Å²) in [5.74, 6) is -1.15. The van der Waals surface area contributed by atoms with Crippen LogP contribution >= 0.6 is 0 Å². The second-order valence-corrected chi connectivity index (χ2v) is 5.98. The summed E-state index contributed by atoms with van der Waals surface area (Å²) in [7, 11) is 0. The highest BCUT2D eigenvalue weighted by molar-refractivity contribution is 5.95. The molecule has 3 N–H and O–H groups in total. The number of aromatic hydroxyl groups is 1. The largest absolute Gasteiger partial charge is 0.508 e. The lowest BCUT2D eigenvalue weighted by molar-refractivity contribution is 0.0698. The van der Waals surface area contributed by atoms with Gasteiger partial charge in [0.15, 0.2) is 0 Å². The third-order valence-corrected chi connectivity index (χ3v) is 4.08. The number of aryl methyl sites for hydroxylation is 2. The summed E-state index contributed by atoms with van der Waals surface area (Å²) < 4.78 is 13.0. The summed E-state index contributed by atoms with van der Waals surface area (Å²) in [6.07, 6.45) is 1.49. The number of phenols is 1. The predicted molar refractivity (Wildman–Crippen MR) is 98.6 cm³/mol. The molecule has 0 aromatic heterocycles. The number of rotatable bonds is 6. The maximum atomic E-state index is 13.0. The minimum Gasteiger partial charge on any atom is -0.508 e. The molecule has 0 aliphatic carbocycles. The number of carbonyl (C=O) groups is 1. The highest BCUT2D eigenvalue weighted by Crippen LogP contribution is 2.24. The highest BCUT2D eigenvalue weighted by Gasteiger charge is 2.11. The second-order valence-electron chi connectivity index (χ2n) is 5.98. The molecule has 0 aliphatic heterocycles. The van der Waals surface area contributed by atoms with Crippen LogP contribution in [0.15, 0.2) is 66.7 Å². The Balaban J connectivity index is 1.80. The van der Waals surface area contributed by atoms with Crippen molar-refractivity contribution in [3.05, 3.63) is 89.2 Å². The molecule has 0 aliphatic rings. The van der Waals surface area contributed by atoms with Gasteiger partial charge in [-0.3, -0.25) is 0 Å². The van der Waals surface area contributed by atoms with Crippen LogP contribution in [0.4, 0.5) is 15.8 Å². The summed E-state index contributed by atoms with van der Waals surface area (Å²) in [4.78, 5) is 11.5. The molecule has 0 unspecified atom stereocenters. The highest BCUT2D eigenvalue weighted by atomic mass is 19.1. The molecule has 0 fully saturated rings. The molecule has 0 atom stereocenters. The Morgan fingerprint density at radius 1 is 0.885 bits per heavy atom. The number of hydrogen-bond acceptors (Lipinski definition) is 3. The number of carboxylic acid groups (broad SMARTS) is 1. The normalized spacial score (nSPS) is 10.5. The number of aromatic carboxylic acids is 1. The van der Waals surface area contributed by atoms with Crippen molar-refractivity contribution in [1.82, 2.24) is 0 Å². The van der Waals surface area contributed by atoms with Crippen molar-refractivity contribution in [2.24, 2.45) is 0 Å². The fourth-order valence-electron chi connectivity index (χ4n) is 2.68. The average molecular weight is 351 g/mol. The van der Waals surface area contributed by atoms with E-state index in [1.54, 1.807) is 42.5 Å². The van der Waals surface area contributed by atoms with Crippen molar-refractivity contribution in [1.29, 1.82) is 0 Å². The zero-order valence-corrected chi connectivity index (χ0v) is 13.9. The molecule has 0 bridgehead atoms. The van der Waals surface area contributed by atoms with Gasteiger partial charge >= 0.3 is 5.97 Å². The monoisotopic (exact) mass is 351 g/mol. The second kappa shape index (κ2) is 7.70. The van der Waals surface area contributed by atoms with Crippen molar-refractivity contribution in [3.8, 4) is 5.75 Å². The SMILES string of the molecule is O=C(O)c1ccc(CCc2ccc(O)cc2)cc1Nc1ccc(F)cc1. The van der Waals surface area contributed by atoms with Crippen LogP contribution in [0.5, 0.6) is 5.75 Å². The Bertz CT molecular complexity index is 906. The van der Waals surface area contributed by atoms with Crippen LogP contribution in [0.1, 0.15) is 21.5 Å². The molecule has 3 aromatic carbocycles. The van der Waals surface area contributed by atoms with Crippen molar-refractivity contribution in [2.45, 2.75) is 12.8 Å². The van der Waals surface area contributed by atoms with E-state index in [0.717, 1.165) is 24.0 Å². The first-order chi connectivity index (χ1) is 12.5. The van der Waals surface area contributed by atoms with Crippen LogP contribution in [-0.2, 0) is 12.8 Å². The number of carboxylic acids is 1. The molecule has 0 spiro atoms. The zero-order valence-electron chi connectivity index (χ0n) is 13.9. The quantitative estimate of drug-likeness (QED) is 0.599. The first kappa shape index (κ1) is 17.5. The maximum absolute atomic E-state index is 13.0. The Morgan fingerprint density at radius 2 is 1.50 bits per heavy atom. The van der Waals surface area contributed by atoms with E-state index in [4.69, 9.17) is 0 Å². The first-order valence-corrected chi connectivity index (χ1v) is 8.18. The van der Waals surface area contributed by atoms with Crippen LogP contribution in [0, 0.1) is 5.82 Å². The molecule has 3 aromatic rings. The standard InChI is InChI=1S/C21H18FNO3/c22-16-6-8-17(9-7-16)23-20-13-15(5-12-19(20)21(25)26)2-1-14-3-10-18(24)11-4-14/h3-13,23-24H,1-2H2,(H,25,26). The summed E-state index contributed by atoms with van der Waals surface area (Å²) in [5.41, 5.74) is 3.30. The Kier molecular flexibility index (Phi) is 5.17. The summed E-state index contributed by atoms with van der Waals surface area (Å²) in [6, 6.07) is 17.9. The molecule has 0 saturated carbocycles. The van der Waals surface area contributed by atoms with Gasteiger partial charge in [0.05, 0.1) is 11.3 Å². The molecule has 0 saturated heterocycles. The lowest BCUT2D eigenvalue weighted by Gasteiger charge is -2.12. The number of anilines is 2. The maximum Gasteiger partial charge on any atom is 0.337 e. The van der Waals surface area contributed by atoms with E-state index in [2.05, 4.69) is 5.32 Å². The number of benzene rings is 3. The smallest absolute Gasteiger partial charge is 0.337 e. The lowest BCUT2D eigenvalue weighted by atomic mass is 10.0. The van der Waals surface area contributed by atoms with E-state index >= 15 is 0 Å². The molecule has 3 rings (SSSR count). The van der Waals surface area contributed by atoms with Gasteiger partial charge in [-0.15, -0.1) is 0 Å². The van der Waals surface area contributed by atoms with E-state index in [0.29, 0.717) is 11.4 Å². The summed E-state index contributed by atoms with van der Waals surface area (Å²) >= 11 is 0. The van der Waals surface area contributed by atoms with Gasteiger partial charge in [0.1, 0.15) is 11.6 Å². The zero-order chi connectivity index (χ0) is 18.5. The predicted octanol–water partition coefficient (Wildman–Crippen LogP) is 4.76. The van der Waals surface area contributed by atoms with E-state index in [-0.39, 0.29) is 17.1 Å². The minimum absolute atomic E-state index is 0.155. The molecular weight excluding hydrogens is 333 g/mol. The van der Waals surface area contributed by atoms with E-state index in [9.17, 15) is 19.4 Å². The van der Waals surface area contributed by atoms with Gasteiger partial charge in [-0.2, -0.15) is 0 Å². The fraction of sp³-hybridized carbons (Fsp3) is 0.0952. The lowest BCUT2D eigenvalue weighted by Crippen LogP contribution is -2.04. The van der Waals surface area contributed by atoms with Gasteiger partial charge in [-0.1, -0.05) is 18.2 Å². The van der Waals surface area contributed by atoms with Crippen molar-refractivity contribution in [2.75, 3.05) is 5.32 Å². The summed E-state index contributed by atoms with van der Waals surface area (Å²) in [5, 5.41) is 21.8. The number of phenolic OH excluding ortho intramolecular Hbond substituents is 1. The van der Waals surface area contributed by atoms with E-state index < -0.39 is 5.97 Å². The molecular formula is C21H18FNO3. The first-order valence-electron chi connectivity index (χ1n) is 8.18. The van der Waals surface area contributed by atoms with Crippen molar-refractivity contribution in [3.63, 3.8) is 0 Å². The molecule has 5 heteroatoms. The molecule has 132 valence electrons. The van der Waals surface area contributed by atoms with Gasteiger partial charge in [0.2, 0.25) is 0 Å². The van der Waals surface area contributed by atoms with Crippen LogP contribution < -0.4 is 5.32 Å². The molecule has 0 radical (unpaired) electrons.